The first-order valence-corrected chi connectivity index (χ1v) is 3.71. The minimum atomic E-state index is -1.44. The largest absolute Gasteiger partial charge is 0.481 e. The molecule has 2 N–H and O–H groups in total. The summed E-state index contributed by atoms with van der Waals surface area (Å²) in [7, 11) is 0. The van der Waals surface area contributed by atoms with Gasteiger partial charge in [0.15, 0.2) is 0 Å². The highest BCUT2D eigenvalue weighted by Gasteiger charge is 2.25. The van der Waals surface area contributed by atoms with E-state index in [-0.39, 0.29) is 6.47 Å². The van der Waals surface area contributed by atoms with E-state index >= 15 is 0 Å². The number of carboxylic acids is 2. The molecule has 8 nitrogen and oxygen atoms in total. The van der Waals surface area contributed by atoms with Crippen molar-refractivity contribution in [2.24, 2.45) is 5.92 Å². The molecule has 1 unspecified atom stereocenters. The van der Waals surface area contributed by atoms with Gasteiger partial charge in [0.1, 0.15) is 0 Å². The number of aliphatic carboxylic acids is 2. The molecule has 84 valence electrons. The highest BCUT2D eigenvalue weighted by atomic mass is 17.2. The average molecular weight is 220 g/mol. The van der Waals surface area contributed by atoms with Crippen molar-refractivity contribution in [1.29, 1.82) is 0 Å². The van der Waals surface area contributed by atoms with Crippen LogP contribution in [0, 0.1) is 5.92 Å². The lowest BCUT2D eigenvalue weighted by atomic mass is 10.0. The highest BCUT2D eigenvalue weighted by Crippen LogP contribution is 2.10. The van der Waals surface area contributed by atoms with Gasteiger partial charge in [0.2, 0.25) is 0 Å². The van der Waals surface area contributed by atoms with Gasteiger partial charge in [-0.1, -0.05) is 0 Å². The molecule has 8 heteroatoms. The molecule has 0 radical (unpaired) electrons. The van der Waals surface area contributed by atoms with Crippen molar-refractivity contribution in [3.05, 3.63) is 0 Å². The maximum atomic E-state index is 10.7. The number of carbonyl (C=O) groups is 4. The Morgan fingerprint density at radius 3 is 2.20 bits per heavy atom. The summed E-state index contributed by atoms with van der Waals surface area (Å²) < 4.78 is 0. The standard InChI is InChI=1S/C7H8O8/c8-3-14-15-6(11)2-4(7(12)13)1-5(9)10/h3-4H,1-2H2,(H,9,10)(H,12,13). The van der Waals surface area contributed by atoms with E-state index in [1.807, 2.05) is 0 Å². The van der Waals surface area contributed by atoms with Gasteiger partial charge >= 0.3 is 24.4 Å². The zero-order chi connectivity index (χ0) is 11.8. The lowest BCUT2D eigenvalue weighted by Gasteiger charge is -2.06. The predicted octanol–water partition coefficient (Wildman–Crippen LogP) is -0.817. The maximum absolute atomic E-state index is 10.7. The van der Waals surface area contributed by atoms with Crippen molar-refractivity contribution in [2.75, 3.05) is 0 Å². The minimum absolute atomic E-state index is 0.162. The molecule has 1 atom stereocenters. The number of carboxylic acid groups (broad SMARTS) is 2. The van der Waals surface area contributed by atoms with Crippen LogP contribution >= 0.6 is 0 Å². The van der Waals surface area contributed by atoms with Crippen molar-refractivity contribution >= 4 is 24.4 Å². The highest BCUT2D eigenvalue weighted by molar-refractivity contribution is 5.82. The van der Waals surface area contributed by atoms with Gasteiger partial charge in [-0.2, -0.15) is 0 Å². The Labute approximate surface area is 83.3 Å². The molecular formula is C7H8O8. The molecule has 0 aromatic heterocycles. The van der Waals surface area contributed by atoms with Crippen LogP contribution in [0.5, 0.6) is 0 Å². The average Bonchev–Trinajstić information content (AvgIpc) is 2.12. The van der Waals surface area contributed by atoms with Gasteiger partial charge in [0, 0.05) is 0 Å². The molecule has 0 bridgehead atoms. The van der Waals surface area contributed by atoms with Crippen molar-refractivity contribution in [3.63, 3.8) is 0 Å². The summed E-state index contributed by atoms with van der Waals surface area (Å²) in [6.07, 6.45) is -1.40. The Bertz CT molecular complexity index is 270. The fourth-order valence-electron chi connectivity index (χ4n) is 0.766. The molecule has 0 heterocycles. The fraction of sp³-hybridized carbons (Fsp3) is 0.429. The zero-order valence-corrected chi connectivity index (χ0v) is 7.41. The number of hydrogen-bond donors (Lipinski definition) is 2. The van der Waals surface area contributed by atoms with Crippen LogP contribution in [0.3, 0.4) is 0 Å². The Morgan fingerprint density at radius 2 is 1.80 bits per heavy atom. The molecule has 0 rings (SSSR count). The predicted molar refractivity (Wildman–Crippen MR) is 41.2 cm³/mol. The van der Waals surface area contributed by atoms with Gasteiger partial charge in [0.05, 0.1) is 18.8 Å². The Morgan fingerprint density at radius 1 is 1.20 bits per heavy atom. The molecule has 0 aromatic carbocycles. The second-order valence-electron chi connectivity index (χ2n) is 2.48. The third kappa shape index (κ3) is 6.02. The van der Waals surface area contributed by atoms with E-state index in [2.05, 4.69) is 9.78 Å². The first kappa shape index (κ1) is 12.9. The van der Waals surface area contributed by atoms with Crippen molar-refractivity contribution < 1.29 is 39.2 Å². The zero-order valence-electron chi connectivity index (χ0n) is 7.41. The molecule has 0 amide bonds. The summed E-state index contributed by atoms with van der Waals surface area (Å²) in [4.78, 5) is 48.4. The van der Waals surface area contributed by atoms with E-state index in [1.165, 1.54) is 0 Å². The molecular weight excluding hydrogens is 212 g/mol. The summed E-state index contributed by atoms with van der Waals surface area (Å²) in [6, 6.07) is 0. The van der Waals surface area contributed by atoms with Crippen LogP contribution in [0.2, 0.25) is 0 Å². The molecule has 0 aromatic rings. The van der Waals surface area contributed by atoms with Crippen LogP contribution in [0.1, 0.15) is 12.8 Å². The van der Waals surface area contributed by atoms with Gasteiger partial charge in [-0.15, -0.1) is 0 Å². The first-order valence-electron chi connectivity index (χ1n) is 3.71. The lowest BCUT2D eigenvalue weighted by molar-refractivity contribution is -0.248. The van der Waals surface area contributed by atoms with E-state index in [0.717, 1.165) is 0 Å². The van der Waals surface area contributed by atoms with E-state index < -0.39 is 36.7 Å². The first-order chi connectivity index (χ1) is 6.97. The van der Waals surface area contributed by atoms with Gasteiger partial charge in [-0.3, -0.25) is 19.3 Å². The van der Waals surface area contributed by atoms with Crippen LogP contribution in [-0.2, 0) is 29.0 Å². The molecule has 0 saturated heterocycles. The summed E-state index contributed by atoms with van der Waals surface area (Å²) >= 11 is 0. The molecule has 0 fully saturated rings. The lowest BCUT2D eigenvalue weighted by Crippen LogP contribution is -2.22. The van der Waals surface area contributed by atoms with E-state index in [9.17, 15) is 19.2 Å². The fourth-order valence-corrected chi connectivity index (χ4v) is 0.766. The summed E-state index contributed by atoms with van der Waals surface area (Å²) in [5.41, 5.74) is 0. The van der Waals surface area contributed by atoms with Crippen molar-refractivity contribution in [1.82, 2.24) is 0 Å². The molecule has 0 aliphatic rings. The van der Waals surface area contributed by atoms with Crippen LogP contribution in [0.4, 0.5) is 0 Å². The van der Waals surface area contributed by atoms with E-state index in [4.69, 9.17) is 10.2 Å². The topological polar surface area (TPSA) is 127 Å². The second kappa shape index (κ2) is 6.35. The van der Waals surface area contributed by atoms with Gasteiger partial charge in [-0.25, -0.2) is 9.68 Å². The number of rotatable bonds is 7. The Kier molecular flexibility index (Phi) is 5.45. The Hall–Kier alpha value is -2.12. The second-order valence-corrected chi connectivity index (χ2v) is 2.48. The smallest absolute Gasteiger partial charge is 0.356 e. The molecule has 0 saturated carbocycles. The van der Waals surface area contributed by atoms with E-state index in [0.29, 0.717) is 0 Å². The molecule has 15 heavy (non-hydrogen) atoms. The third-order valence-corrected chi connectivity index (χ3v) is 1.36. The summed E-state index contributed by atoms with van der Waals surface area (Å²) in [6.45, 7) is -0.162. The monoisotopic (exact) mass is 220 g/mol. The van der Waals surface area contributed by atoms with Crippen LogP contribution in [-0.4, -0.2) is 34.6 Å². The maximum Gasteiger partial charge on any atom is 0.356 e. The number of carbonyl (C=O) groups excluding carboxylic acids is 2. The molecule has 0 aliphatic heterocycles. The van der Waals surface area contributed by atoms with E-state index in [1.54, 1.807) is 0 Å². The van der Waals surface area contributed by atoms with Gasteiger partial charge in [-0.05, 0) is 0 Å². The summed E-state index contributed by atoms with van der Waals surface area (Å²) in [5, 5.41) is 16.8. The van der Waals surface area contributed by atoms with Crippen LogP contribution in [0.15, 0.2) is 0 Å². The minimum Gasteiger partial charge on any atom is -0.481 e. The van der Waals surface area contributed by atoms with Gasteiger partial charge in [0.25, 0.3) is 0 Å². The van der Waals surface area contributed by atoms with Crippen molar-refractivity contribution in [3.8, 4) is 0 Å². The Balaban J connectivity index is 4.16. The molecule has 0 spiro atoms. The van der Waals surface area contributed by atoms with Gasteiger partial charge < -0.3 is 10.2 Å². The molecule has 0 aliphatic carbocycles. The summed E-state index contributed by atoms with van der Waals surface area (Å²) in [5.74, 6) is -5.34. The SMILES string of the molecule is O=COOC(=O)CC(CC(=O)O)C(=O)O. The van der Waals surface area contributed by atoms with Crippen LogP contribution < -0.4 is 0 Å². The normalized spacial score (nSPS) is 11.2. The van der Waals surface area contributed by atoms with Crippen molar-refractivity contribution in [2.45, 2.75) is 12.8 Å². The van der Waals surface area contributed by atoms with Crippen LogP contribution in [0.25, 0.3) is 0 Å². The quantitative estimate of drug-likeness (QED) is 0.323. The third-order valence-electron chi connectivity index (χ3n) is 1.36. The number of hydrogen-bond acceptors (Lipinski definition) is 6.